The molecule has 0 radical (unpaired) electrons. The van der Waals surface area contributed by atoms with Gasteiger partial charge in [0.05, 0.1) is 11.6 Å². The quantitative estimate of drug-likeness (QED) is 0.914. The molecular weight excluding hydrogens is 335 g/mol. The SMILES string of the molecule is O=C(O)C1(C(F)(F)F)CCN(Cc2oc3ccccc3c2Cl)C1. The fourth-order valence-corrected chi connectivity index (χ4v) is 3.17. The number of carboxylic acids is 1. The van der Waals surface area contributed by atoms with Gasteiger partial charge in [-0.15, -0.1) is 0 Å². The lowest BCUT2D eigenvalue weighted by Crippen LogP contribution is -2.47. The first-order chi connectivity index (χ1) is 10.7. The van der Waals surface area contributed by atoms with E-state index in [9.17, 15) is 18.0 Å². The number of aliphatic carboxylic acids is 1. The molecule has 1 N–H and O–H groups in total. The maximum atomic E-state index is 13.2. The van der Waals surface area contributed by atoms with Crippen LogP contribution in [0, 0.1) is 5.41 Å². The molecule has 1 atom stereocenters. The van der Waals surface area contributed by atoms with Crippen LogP contribution in [0.5, 0.6) is 0 Å². The molecule has 1 aromatic heterocycles. The van der Waals surface area contributed by atoms with E-state index in [0.29, 0.717) is 21.8 Å². The minimum Gasteiger partial charge on any atom is -0.481 e. The average Bonchev–Trinajstić information content (AvgIpc) is 3.03. The third kappa shape index (κ3) is 2.57. The van der Waals surface area contributed by atoms with E-state index in [1.165, 1.54) is 4.90 Å². The van der Waals surface area contributed by atoms with Crippen molar-refractivity contribution in [1.29, 1.82) is 0 Å². The first kappa shape index (κ1) is 16.1. The van der Waals surface area contributed by atoms with Crippen molar-refractivity contribution in [3.8, 4) is 0 Å². The van der Waals surface area contributed by atoms with Crippen LogP contribution in [-0.4, -0.2) is 35.2 Å². The zero-order valence-corrected chi connectivity index (χ0v) is 12.6. The van der Waals surface area contributed by atoms with E-state index in [1.807, 2.05) is 0 Å². The smallest absolute Gasteiger partial charge is 0.406 e. The second kappa shape index (κ2) is 5.42. The Morgan fingerprint density at radius 1 is 1.39 bits per heavy atom. The lowest BCUT2D eigenvalue weighted by atomic mass is 9.86. The van der Waals surface area contributed by atoms with Gasteiger partial charge in [-0.2, -0.15) is 13.2 Å². The molecule has 3 rings (SSSR count). The number of carboxylic acid groups (broad SMARTS) is 1. The number of furan rings is 1. The van der Waals surface area contributed by atoms with Gasteiger partial charge >= 0.3 is 12.1 Å². The van der Waals surface area contributed by atoms with Crippen LogP contribution < -0.4 is 0 Å². The number of carbonyl (C=O) groups is 1. The fourth-order valence-electron chi connectivity index (χ4n) is 2.92. The Bertz CT molecular complexity index is 758. The van der Waals surface area contributed by atoms with Crippen LogP contribution in [0.15, 0.2) is 28.7 Å². The molecule has 0 aliphatic carbocycles. The van der Waals surface area contributed by atoms with Gasteiger partial charge in [0.15, 0.2) is 5.41 Å². The van der Waals surface area contributed by atoms with Crippen molar-refractivity contribution in [2.24, 2.45) is 5.41 Å². The minimum atomic E-state index is -4.80. The Morgan fingerprint density at radius 2 is 2.09 bits per heavy atom. The summed E-state index contributed by atoms with van der Waals surface area (Å²) in [7, 11) is 0. The molecule has 1 aliphatic rings. The summed E-state index contributed by atoms with van der Waals surface area (Å²) in [4.78, 5) is 12.6. The molecule has 0 spiro atoms. The predicted octanol–water partition coefficient (Wildman–Crippen LogP) is 3.93. The number of benzene rings is 1. The number of halogens is 4. The third-order valence-corrected chi connectivity index (χ3v) is 4.68. The van der Waals surface area contributed by atoms with Crippen LogP contribution in [0.25, 0.3) is 11.0 Å². The number of likely N-dealkylation sites (tertiary alicyclic amines) is 1. The van der Waals surface area contributed by atoms with Crippen molar-refractivity contribution in [1.82, 2.24) is 4.90 Å². The number of fused-ring (bicyclic) bond motifs is 1. The van der Waals surface area contributed by atoms with Crippen LogP contribution in [0.2, 0.25) is 5.02 Å². The topological polar surface area (TPSA) is 53.7 Å². The summed E-state index contributed by atoms with van der Waals surface area (Å²) < 4.78 is 45.1. The summed E-state index contributed by atoms with van der Waals surface area (Å²) in [5.41, 5.74) is -2.18. The van der Waals surface area contributed by atoms with Crippen molar-refractivity contribution in [2.75, 3.05) is 13.1 Å². The van der Waals surface area contributed by atoms with E-state index in [4.69, 9.17) is 21.1 Å². The Kier molecular flexibility index (Phi) is 3.80. The molecule has 2 aromatic rings. The Morgan fingerprint density at radius 3 is 2.65 bits per heavy atom. The molecule has 1 fully saturated rings. The molecule has 1 saturated heterocycles. The molecule has 1 aliphatic heterocycles. The highest BCUT2D eigenvalue weighted by molar-refractivity contribution is 6.36. The second-order valence-electron chi connectivity index (χ2n) is 5.68. The molecular formula is C15H13ClF3NO3. The van der Waals surface area contributed by atoms with E-state index in [0.717, 1.165) is 0 Å². The molecule has 4 nitrogen and oxygen atoms in total. The van der Waals surface area contributed by atoms with Crippen LogP contribution in [-0.2, 0) is 11.3 Å². The molecule has 0 bridgehead atoms. The van der Waals surface area contributed by atoms with Crippen molar-refractivity contribution >= 4 is 28.5 Å². The van der Waals surface area contributed by atoms with Gasteiger partial charge in [-0.1, -0.05) is 23.7 Å². The van der Waals surface area contributed by atoms with Crippen LogP contribution in [0.4, 0.5) is 13.2 Å². The molecule has 0 saturated carbocycles. The maximum Gasteiger partial charge on any atom is 0.406 e. The molecule has 1 unspecified atom stereocenters. The lowest BCUT2D eigenvalue weighted by molar-refractivity contribution is -0.227. The molecule has 23 heavy (non-hydrogen) atoms. The van der Waals surface area contributed by atoms with Gasteiger partial charge in [0, 0.05) is 18.5 Å². The molecule has 2 heterocycles. The highest BCUT2D eigenvalue weighted by atomic mass is 35.5. The first-order valence-electron chi connectivity index (χ1n) is 6.93. The van der Waals surface area contributed by atoms with Gasteiger partial charge in [-0.05, 0) is 18.6 Å². The number of rotatable bonds is 3. The third-order valence-electron chi connectivity index (χ3n) is 4.27. The zero-order valence-electron chi connectivity index (χ0n) is 11.9. The number of para-hydroxylation sites is 1. The van der Waals surface area contributed by atoms with Gasteiger partial charge in [-0.25, -0.2) is 0 Å². The Labute approximate surface area is 134 Å². The summed E-state index contributed by atoms with van der Waals surface area (Å²) in [6.07, 6.45) is -5.28. The lowest BCUT2D eigenvalue weighted by Gasteiger charge is -2.27. The first-order valence-corrected chi connectivity index (χ1v) is 7.31. The summed E-state index contributed by atoms with van der Waals surface area (Å²) in [5.74, 6) is -1.50. The Hall–Kier alpha value is -1.73. The van der Waals surface area contributed by atoms with Gasteiger partial charge in [0.25, 0.3) is 0 Å². The monoisotopic (exact) mass is 347 g/mol. The molecule has 0 amide bonds. The van der Waals surface area contributed by atoms with E-state index < -0.39 is 30.5 Å². The summed E-state index contributed by atoms with van der Waals surface area (Å²) in [6.45, 7) is -0.559. The summed E-state index contributed by atoms with van der Waals surface area (Å²) >= 11 is 6.20. The fraction of sp³-hybridized carbons (Fsp3) is 0.400. The normalized spacial score (nSPS) is 22.8. The summed E-state index contributed by atoms with van der Waals surface area (Å²) in [6, 6.07) is 7.02. The van der Waals surface area contributed by atoms with E-state index in [-0.39, 0.29) is 13.1 Å². The van der Waals surface area contributed by atoms with Gasteiger partial charge in [0.1, 0.15) is 11.3 Å². The summed E-state index contributed by atoms with van der Waals surface area (Å²) in [5, 5.41) is 10.1. The minimum absolute atomic E-state index is 0.0131. The van der Waals surface area contributed by atoms with Crippen molar-refractivity contribution in [3.63, 3.8) is 0 Å². The molecule has 1 aromatic carbocycles. The van der Waals surface area contributed by atoms with Crippen LogP contribution in [0.1, 0.15) is 12.2 Å². The van der Waals surface area contributed by atoms with Gasteiger partial charge < -0.3 is 9.52 Å². The van der Waals surface area contributed by atoms with E-state index in [1.54, 1.807) is 24.3 Å². The van der Waals surface area contributed by atoms with Crippen LogP contribution >= 0.6 is 11.6 Å². The largest absolute Gasteiger partial charge is 0.481 e. The van der Waals surface area contributed by atoms with Crippen LogP contribution in [0.3, 0.4) is 0 Å². The number of nitrogens with zero attached hydrogens (tertiary/aromatic N) is 1. The maximum absolute atomic E-state index is 13.2. The van der Waals surface area contributed by atoms with Gasteiger partial charge in [0.2, 0.25) is 0 Å². The highest BCUT2D eigenvalue weighted by Gasteiger charge is 2.63. The number of hydrogen-bond donors (Lipinski definition) is 1. The molecule has 124 valence electrons. The highest BCUT2D eigenvalue weighted by Crippen LogP contribution is 2.46. The standard InChI is InChI=1S/C15H13ClF3NO3/c16-12-9-3-1-2-4-10(9)23-11(12)7-20-6-5-14(8-20,13(21)22)15(17,18)19/h1-4H,5-8H2,(H,21,22). The van der Waals surface area contributed by atoms with E-state index >= 15 is 0 Å². The zero-order chi connectivity index (χ0) is 16.8. The number of alkyl halides is 3. The predicted molar refractivity (Wildman–Crippen MR) is 77.2 cm³/mol. The van der Waals surface area contributed by atoms with E-state index in [2.05, 4.69) is 0 Å². The average molecular weight is 348 g/mol. The Balaban J connectivity index is 1.84. The number of hydrogen-bond acceptors (Lipinski definition) is 3. The van der Waals surface area contributed by atoms with Gasteiger partial charge in [-0.3, -0.25) is 9.69 Å². The van der Waals surface area contributed by atoms with Crippen molar-refractivity contribution in [3.05, 3.63) is 35.0 Å². The second-order valence-corrected chi connectivity index (χ2v) is 6.06. The van der Waals surface area contributed by atoms with Crippen molar-refractivity contribution < 1.29 is 27.5 Å². The molecule has 8 heteroatoms. The van der Waals surface area contributed by atoms with Crippen molar-refractivity contribution in [2.45, 2.75) is 19.1 Å².